The third-order valence-corrected chi connectivity index (χ3v) is 3.86. The summed E-state index contributed by atoms with van der Waals surface area (Å²) in [6.07, 6.45) is 2.06. The molecule has 2 aromatic carbocycles. The molecule has 2 unspecified atom stereocenters. The molecular formula is C18H20FNO. The van der Waals surface area contributed by atoms with Gasteiger partial charge in [0.1, 0.15) is 17.7 Å². The number of para-hydroxylation sites is 1. The third-order valence-electron chi connectivity index (χ3n) is 3.86. The number of rotatable bonds is 5. The van der Waals surface area contributed by atoms with Gasteiger partial charge in [-0.2, -0.15) is 0 Å². The zero-order valence-corrected chi connectivity index (χ0v) is 12.2. The predicted molar refractivity (Wildman–Crippen MR) is 82.1 cm³/mol. The molecular weight excluding hydrogens is 265 g/mol. The summed E-state index contributed by atoms with van der Waals surface area (Å²) in [5.74, 6) is 0.826. The highest BCUT2D eigenvalue weighted by Gasteiger charge is 2.22. The van der Waals surface area contributed by atoms with Crippen molar-refractivity contribution in [3.05, 3.63) is 65.5 Å². The number of hydrogen-bond acceptors (Lipinski definition) is 2. The molecule has 110 valence electrons. The number of nitrogens with one attached hydrogen (secondary N) is 1. The highest BCUT2D eigenvalue weighted by molar-refractivity contribution is 5.37. The normalized spacial score (nSPS) is 18.1. The molecule has 2 nitrogen and oxygen atoms in total. The number of halogens is 1. The van der Waals surface area contributed by atoms with E-state index in [0.717, 1.165) is 30.7 Å². The average molecular weight is 285 g/mol. The molecule has 0 radical (unpaired) electrons. The van der Waals surface area contributed by atoms with Gasteiger partial charge in [-0.15, -0.1) is 0 Å². The highest BCUT2D eigenvalue weighted by atomic mass is 19.1. The second-order valence-electron chi connectivity index (χ2n) is 5.69. The van der Waals surface area contributed by atoms with Crippen LogP contribution in [0.5, 0.6) is 5.75 Å². The Hall–Kier alpha value is -1.87. The van der Waals surface area contributed by atoms with E-state index in [1.54, 1.807) is 0 Å². The summed E-state index contributed by atoms with van der Waals surface area (Å²) in [5, 5.41) is 3.50. The molecule has 3 heteroatoms. The highest BCUT2D eigenvalue weighted by Crippen LogP contribution is 2.27. The molecule has 0 amide bonds. The van der Waals surface area contributed by atoms with Gasteiger partial charge in [0.05, 0.1) is 0 Å². The molecule has 0 saturated heterocycles. The van der Waals surface area contributed by atoms with Crippen LogP contribution < -0.4 is 10.1 Å². The summed E-state index contributed by atoms with van der Waals surface area (Å²) in [6.45, 7) is 2.97. The molecule has 1 aliphatic rings. The quantitative estimate of drug-likeness (QED) is 0.909. The Kier molecular flexibility index (Phi) is 4.20. The van der Waals surface area contributed by atoms with E-state index < -0.39 is 0 Å². The lowest BCUT2D eigenvalue weighted by Gasteiger charge is -2.17. The predicted octanol–water partition coefficient (Wildman–Crippen LogP) is 3.35. The van der Waals surface area contributed by atoms with E-state index in [2.05, 4.69) is 24.4 Å². The Morgan fingerprint density at radius 1 is 1.19 bits per heavy atom. The van der Waals surface area contributed by atoms with Crippen molar-refractivity contribution in [1.82, 2.24) is 5.32 Å². The topological polar surface area (TPSA) is 21.3 Å². The smallest absolute Gasteiger partial charge is 0.123 e. The van der Waals surface area contributed by atoms with Gasteiger partial charge in [0.2, 0.25) is 0 Å². The zero-order chi connectivity index (χ0) is 14.7. The number of benzene rings is 2. The van der Waals surface area contributed by atoms with Crippen LogP contribution in [0.4, 0.5) is 4.39 Å². The SMILES string of the molecule is CC(Cc1ccc(F)cc1)NCC1Cc2ccccc2O1. The fourth-order valence-electron chi connectivity index (χ4n) is 2.75. The summed E-state index contributed by atoms with van der Waals surface area (Å²) in [5.41, 5.74) is 2.43. The molecule has 21 heavy (non-hydrogen) atoms. The van der Waals surface area contributed by atoms with Gasteiger partial charge in [0.15, 0.2) is 0 Å². The summed E-state index contributed by atoms with van der Waals surface area (Å²) in [4.78, 5) is 0. The maximum atomic E-state index is 12.9. The summed E-state index contributed by atoms with van der Waals surface area (Å²) in [7, 11) is 0. The maximum absolute atomic E-state index is 12.9. The van der Waals surface area contributed by atoms with Gasteiger partial charge in [-0.1, -0.05) is 30.3 Å². The minimum Gasteiger partial charge on any atom is -0.488 e. The second-order valence-corrected chi connectivity index (χ2v) is 5.69. The molecule has 0 spiro atoms. The molecule has 1 aliphatic heterocycles. The van der Waals surface area contributed by atoms with Gasteiger partial charge >= 0.3 is 0 Å². The molecule has 2 atom stereocenters. The first-order valence-electron chi connectivity index (χ1n) is 7.43. The summed E-state index contributed by atoms with van der Waals surface area (Å²) in [6, 6.07) is 15.3. The van der Waals surface area contributed by atoms with Gasteiger partial charge < -0.3 is 10.1 Å². The number of fused-ring (bicyclic) bond motifs is 1. The maximum Gasteiger partial charge on any atom is 0.123 e. The van der Waals surface area contributed by atoms with Crippen LogP contribution in [0.25, 0.3) is 0 Å². The molecule has 0 saturated carbocycles. The minimum absolute atomic E-state index is 0.184. The molecule has 1 heterocycles. The van der Waals surface area contributed by atoms with Crippen molar-refractivity contribution in [2.45, 2.75) is 31.9 Å². The Morgan fingerprint density at radius 3 is 2.71 bits per heavy atom. The molecule has 0 aliphatic carbocycles. The van der Waals surface area contributed by atoms with E-state index in [0.29, 0.717) is 6.04 Å². The lowest BCUT2D eigenvalue weighted by atomic mass is 10.1. The van der Waals surface area contributed by atoms with Crippen molar-refractivity contribution >= 4 is 0 Å². The molecule has 0 fully saturated rings. The third kappa shape index (κ3) is 3.61. The first-order valence-corrected chi connectivity index (χ1v) is 7.43. The van der Waals surface area contributed by atoms with E-state index in [-0.39, 0.29) is 11.9 Å². The first-order chi connectivity index (χ1) is 10.2. The standard InChI is InChI=1S/C18H20FNO/c1-13(10-14-6-8-16(19)9-7-14)20-12-17-11-15-4-2-3-5-18(15)21-17/h2-9,13,17,20H,10-12H2,1H3. The van der Waals surface area contributed by atoms with Crippen LogP contribution in [-0.2, 0) is 12.8 Å². The van der Waals surface area contributed by atoms with Gasteiger partial charge in [-0.05, 0) is 42.7 Å². The molecule has 0 aromatic heterocycles. The van der Waals surface area contributed by atoms with Crippen LogP contribution in [0.3, 0.4) is 0 Å². The Labute approximate surface area is 125 Å². The lowest BCUT2D eigenvalue weighted by molar-refractivity contribution is 0.222. The molecule has 0 bridgehead atoms. The minimum atomic E-state index is -0.184. The van der Waals surface area contributed by atoms with Crippen molar-refractivity contribution in [3.8, 4) is 5.75 Å². The van der Waals surface area contributed by atoms with E-state index in [1.807, 2.05) is 24.3 Å². The second kappa shape index (κ2) is 6.27. The zero-order valence-electron chi connectivity index (χ0n) is 12.2. The van der Waals surface area contributed by atoms with Gasteiger partial charge in [0, 0.05) is 19.0 Å². The van der Waals surface area contributed by atoms with Crippen LogP contribution in [0.1, 0.15) is 18.1 Å². The van der Waals surface area contributed by atoms with Crippen LogP contribution in [-0.4, -0.2) is 18.7 Å². The van der Waals surface area contributed by atoms with Crippen LogP contribution in [0.15, 0.2) is 48.5 Å². The number of hydrogen-bond donors (Lipinski definition) is 1. The van der Waals surface area contributed by atoms with Crippen LogP contribution in [0.2, 0.25) is 0 Å². The van der Waals surface area contributed by atoms with Crippen LogP contribution >= 0.6 is 0 Å². The summed E-state index contributed by atoms with van der Waals surface area (Å²) < 4.78 is 18.8. The van der Waals surface area contributed by atoms with Gasteiger partial charge in [-0.3, -0.25) is 0 Å². The van der Waals surface area contributed by atoms with E-state index >= 15 is 0 Å². The van der Waals surface area contributed by atoms with Crippen molar-refractivity contribution in [3.63, 3.8) is 0 Å². The van der Waals surface area contributed by atoms with Crippen molar-refractivity contribution in [1.29, 1.82) is 0 Å². The lowest BCUT2D eigenvalue weighted by Crippen LogP contribution is -2.36. The fraction of sp³-hybridized carbons (Fsp3) is 0.333. The van der Waals surface area contributed by atoms with E-state index in [9.17, 15) is 4.39 Å². The molecule has 3 rings (SSSR count). The Bertz CT molecular complexity index is 571. The Balaban J connectivity index is 1.47. The van der Waals surface area contributed by atoms with Gasteiger partial charge in [-0.25, -0.2) is 4.39 Å². The van der Waals surface area contributed by atoms with Crippen molar-refractivity contribution < 1.29 is 9.13 Å². The van der Waals surface area contributed by atoms with E-state index in [1.165, 1.54) is 17.7 Å². The molecule has 2 aromatic rings. The fourth-order valence-corrected chi connectivity index (χ4v) is 2.75. The van der Waals surface area contributed by atoms with E-state index in [4.69, 9.17) is 4.74 Å². The largest absolute Gasteiger partial charge is 0.488 e. The Morgan fingerprint density at radius 2 is 1.95 bits per heavy atom. The monoisotopic (exact) mass is 285 g/mol. The summed E-state index contributed by atoms with van der Waals surface area (Å²) >= 11 is 0. The van der Waals surface area contributed by atoms with Crippen molar-refractivity contribution in [2.75, 3.05) is 6.54 Å². The molecule has 1 N–H and O–H groups in total. The van der Waals surface area contributed by atoms with Crippen molar-refractivity contribution in [2.24, 2.45) is 0 Å². The number of ether oxygens (including phenoxy) is 1. The first kappa shape index (κ1) is 14.1. The van der Waals surface area contributed by atoms with Gasteiger partial charge in [0.25, 0.3) is 0 Å². The van der Waals surface area contributed by atoms with Crippen LogP contribution in [0, 0.1) is 5.82 Å². The average Bonchev–Trinajstić information content (AvgIpc) is 2.90.